The molecule has 2 heterocycles. The number of hydrogen-bond acceptors (Lipinski definition) is 6. The molecule has 0 saturated carbocycles. The van der Waals surface area contributed by atoms with Gasteiger partial charge >= 0.3 is 0 Å². The topological polar surface area (TPSA) is 70.4 Å². The molecule has 2 aromatic carbocycles. The second-order valence-electron chi connectivity index (χ2n) is 7.67. The van der Waals surface area contributed by atoms with Crippen LogP contribution >= 0.6 is 23.2 Å². The molecule has 1 aromatic heterocycles. The lowest BCUT2D eigenvalue weighted by Gasteiger charge is -2.25. The lowest BCUT2D eigenvalue weighted by molar-refractivity contribution is 0.0387. The average Bonchev–Trinajstić information content (AvgIpc) is 2.84. The largest absolute Gasteiger partial charge is 0.495 e. The number of fused-ring (bicyclic) bond motifs is 1. The predicted molar refractivity (Wildman–Crippen MR) is 134 cm³/mol. The van der Waals surface area contributed by atoms with Crippen LogP contribution < -0.4 is 10.1 Å². The van der Waals surface area contributed by atoms with Crippen molar-refractivity contribution in [2.24, 2.45) is 0 Å². The van der Waals surface area contributed by atoms with Crippen molar-refractivity contribution in [1.82, 2.24) is 9.88 Å². The van der Waals surface area contributed by atoms with Crippen LogP contribution in [0.3, 0.4) is 0 Å². The molecule has 3 aromatic rings. The molecule has 0 aliphatic carbocycles. The van der Waals surface area contributed by atoms with Gasteiger partial charge in [0.05, 0.1) is 52.8 Å². The molecular formula is C25H24Cl2N4O2. The Balaban J connectivity index is 1.57. The second-order valence-corrected chi connectivity index (χ2v) is 8.49. The minimum absolute atomic E-state index is 0.415. The van der Waals surface area contributed by atoms with E-state index >= 15 is 0 Å². The van der Waals surface area contributed by atoms with E-state index in [0.717, 1.165) is 55.7 Å². The van der Waals surface area contributed by atoms with Crippen LogP contribution in [0.15, 0.2) is 42.6 Å². The van der Waals surface area contributed by atoms with E-state index in [1.165, 1.54) is 7.11 Å². The van der Waals surface area contributed by atoms with Gasteiger partial charge in [-0.15, -0.1) is 0 Å². The number of pyridine rings is 1. The smallest absolute Gasteiger partial charge is 0.139 e. The first kappa shape index (κ1) is 23.3. The molecule has 1 fully saturated rings. The van der Waals surface area contributed by atoms with E-state index in [2.05, 4.69) is 33.4 Å². The lowest BCUT2D eigenvalue weighted by Crippen LogP contribution is -2.36. The highest BCUT2D eigenvalue weighted by Gasteiger charge is 2.14. The van der Waals surface area contributed by atoms with Crippen LogP contribution in [0.25, 0.3) is 17.0 Å². The summed E-state index contributed by atoms with van der Waals surface area (Å²) in [5, 5.41) is 14.6. The molecule has 6 nitrogen and oxygen atoms in total. The van der Waals surface area contributed by atoms with Gasteiger partial charge in [0.15, 0.2) is 0 Å². The van der Waals surface area contributed by atoms with Crippen molar-refractivity contribution in [3.63, 3.8) is 0 Å². The first-order valence-corrected chi connectivity index (χ1v) is 11.4. The number of methoxy groups -OCH3 is 1. The fourth-order valence-electron chi connectivity index (χ4n) is 3.75. The molecule has 1 N–H and O–H groups in total. The maximum absolute atomic E-state index is 9.64. The number of aromatic nitrogens is 1. The Morgan fingerprint density at radius 1 is 1.21 bits per heavy atom. The molecule has 1 aliphatic rings. The molecule has 0 amide bonds. The Labute approximate surface area is 203 Å². The highest BCUT2D eigenvalue weighted by atomic mass is 35.5. The summed E-state index contributed by atoms with van der Waals surface area (Å²) in [7, 11) is 1.54. The number of morpholine rings is 1. The monoisotopic (exact) mass is 482 g/mol. The highest BCUT2D eigenvalue weighted by molar-refractivity contribution is 6.37. The van der Waals surface area contributed by atoms with E-state index < -0.39 is 0 Å². The van der Waals surface area contributed by atoms with Crippen LogP contribution in [-0.4, -0.2) is 49.8 Å². The van der Waals surface area contributed by atoms with E-state index in [-0.39, 0.29) is 0 Å². The molecule has 33 heavy (non-hydrogen) atoms. The number of nitrogens with zero attached hydrogens (tertiary/aromatic N) is 3. The van der Waals surface area contributed by atoms with Gasteiger partial charge in [-0.2, -0.15) is 5.26 Å². The summed E-state index contributed by atoms with van der Waals surface area (Å²) in [6, 6.07) is 11.5. The van der Waals surface area contributed by atoms with Crippen molar-refractivity contribution in [2.75, 3.05) is 45.3 Å². The third-order valence-electron chi connectivity index (χ3n) is 5.54. The molecule has 0 bridgehead atoms. The normalized spacial score (nSPS) is 14.5. The van der Waals surface area contributed by atoms with Gasteiger partial charge in [-0.25, -0.2) is 0 Å². The van der Waals surface area contributed by atoms with Gasteiger partial charge in [0.2, 0.25) is 0 Å². The number of rotatable bonds is 7. The zero-order valence-electron chi connectivity index (χ0n) is 18.3. The summed E-state index contributed by atoms with van der Waals surface area (Å²) < 4.78 is 10.7. The Morgan fingerprint density at radius 2 is 2.03 bits per heavy atom. The van der Waals surface area contributed by atoms with Crippen molar-refractivity contribution in [3.8, 4) is 11.8 Å². The van der Waals surface area contributed by atoms with E-state index in [9.17, 15) is 5.26 Å². The van der Waals surface area contributed by atoms with Gasteiger partial charge in [0.1, 0.15) is 11.8 Å². The zero-order valence-corrected chi connectivity index (χ0v) is 19.8. The Morgan fingerprint density at radius 3 is 2.79 bits per heavy atom. The van der Waals surface area contributed by atoms with E-state index in [1.807, 2.05) is 18.2 Å². The number of ether oxygens (including phenoxy) is 2. The zero-order chi connectivity index (χ0) is 23.2. The number of benzene rings is 2. The van der Waals surface area contributed by atoms with Crippen molar-refractivity contribution in [2.45, 2.75) is 6.42 Å². The number of anilines is 2. The minimum atomic E-state index is 0.415. The summed E-state index contributed by atoms with van der Waals surface area (Å²) in [6.07, 6.45) is 6.83. The molecule has 0 spiro atoms. The van der Waals surface area contributed by atoms with Crippen LogP contribution in [0.5, 0.6) is 5.75 Å². The predicted octanol–water partition coefficient (Wildman–Crippen LogP) is 5.90. The fraction of sp³-hybridized carbons (Fsp3) is 0.280. The molecule has 4 rings (SSSR count). The van der Waals surface area contributed by atoms with Crippen LogP contribution in [0.2, 0.25) is 10.0 Å². The summed E-state index contributed by atoms with van der Waals surface area (Å²) in [6.45, 7) is 4.64. The summed E-state index contributed by atoms with van der Waals surface area (Å²) in [5.41, 5.74) is 3.48. The maximum atomic E-state index is 9.64. The van der Waals surface area contributed by atoms with Crippen LogP contribution in [-0.2, 0) is 4.74 Å². The number of halogens is 2. The van der Waals surface area contributed by atoms with Gasteiger partial charge in [-0.3, -0.25) is 9.88 Å². The first-order chi connectivity index (χ1) is 16.1. The van der Waals surface area contributed by atoms with Gasteiger partial charge in [-0.05, 0) is 24.1 Å². The SMILES string of the molecule is COc1cc(Nc2c(C#N)cnc3cc(/C=C/CCN4CCOCC4)ccc23)c(Cl)cc1Cl. The molecule has 1 saturated heterocycles. The second kappa shape index (κ2) is 10.9. The van der Waals surface area contributed by atoms with Crippen molar-refractivity contribution in [3.05, 3.63) is 63.8 Å². The number of nitriles is 1. The third-order valence-corrected chi connectivity index (χ3v) is 6.15. The molecule has 0 unspecified atom stereocenters. The van der Waals surface area contributed by atoms with Crippen LogP contribution in [0.4, 0.5) is 11.4 Å². The average molecular weight is 483 g/mol. The Hall–Kier alpha value is -2.82. The standard InChI is InChI=1S/C25H24Cl2N4O2/c1-32-24-14-23(20(26)13-21(24)27)30-25-18(15-28)16-29-22-12-17(5-6-19(22)25)4-2-3-7-31-8-10-33-11-9-31/h2,4-6,12-14,16H,3,7-11H2,1H3,(H,29,30)/b4-2+. The Bertz CT molecular complexity index is 1220. The van der Waals surface area contributed by atoms with E-state index in [4.69, 9.17) is 32.7 Å². The molecule has 1 aliphatic heterocycles. The summed E-state index contributed by atoms with van der Waals surface area (Å²) in [4.78, 5) is 6.90. The summed E-state index contributed by atoms with van der Waals surface area (Å²) >= 11 is 12.5. The lowest BCUT2D eigenvalue weighted by atomic mass is 10.1. The number of nitrogens with one attached hydrogen (secondary N) is 1. The molecule has 0 atom stereocenters. The van der Waals surface area contributed by atoms with E-state index in [0.29, 0.717) is 32.7 Å². The number of hydrogen-bond donors (Lipinski definition) is 1. The van der Waals surface area contributed by atoms with Gasteiger partial charge in [-0.1, -0.05) is 47.5 Å². The summed E-state index contributed by atoms with van der Waals surface area (Å²) in [5.74, 6) is 0.491. The van der Waals surface area contributed by atoms with Gasteiger partial charge in [0.25, 0.3) is 0 Å². The molecule has 170 valence electrons. The minimum Gasteiger partial charge on any atom is -0.495 e. The third kappa shape index (κ3) is 5.58. The molecule has 0 radical (unpaired) electrons. The van der Waals surface area contributed by atoms with Crippen molar-refractivity contribution >= 4 is 51.6 Å². The van der Waals surface area contributed by atoms with Crippen molar-refractivity contribution < 1.29 is 9.47 Å². The maximum Gasteiger partial charge on any atom is 0.139 e. The van der Waals surface area contributed by atoms with E-state index in [1.54, 1.807) is 18.3 Å². The van der Waals surface area contributed by atoms with Gasteiger partial charge in [0, 0.05) is 37.3 Å². The van der Waals surface area contributed by atoms with Crippen LogP contribution in [0, 0.1) is 11.3 Å². The molecular weight excluding hydrogens is 459 g/mol. The van der Waals surface area contributed by atoms with Crippen molar-refractivity contribution in [1.29, 1.82) is 5.26 Å². The quantitative estimate of drug-likeness (QED) is 0.451. The highest BCUT2D eigenvalue weighted by Crippen LogP contribution is 2.37. The first-order valence-electron chi connectivity index (χ1n) is 10.7. The Kier molecular flexibility index (Phi) is 7.69. The van der Waals surface area contributed by atoms with Crippen LogP contribution in [0.1, 0.15) is 17.5 Å². The van der Waals surface area contributed by atoms with Gasteiger partial charge < -0.3 is 14.8 Å². The molecule has 8 heteroatoms. The fourth-order valence-corrected chi connectivity index (χ4v) is 4.26.